The number of unbranched alkanes of at least 4 members (excludes halogenated alkanes) is 2. The molecule has 0 fully saturated rings. The maximum Gasteiger partial charge on any atom is 0.258 e. The minimum Gasteiger partial charge on any atom is -0.305 e. The number of hydrogen-bond donors (Lipinski definition) is 0. The number of carbonyl (C=O) groups is 2. The Morgan fingerprint density at radius 1 is 0.800 bits per heavy atom. The summed E-state index contributed by atoms with van der Waals surface area (Å²) in [7, 11) is 0. The Balaban J connectivity index is 1.50. The van der Waals surface area contributed by atoms with E-state index in [0.717, 1.165) is 28.9 Å². The molecule has 1 aliphatic heterocycles. The summed E-state index contributed by atoms with van der Waals surface area (Å²) in [6.07, 6.45) is 5.25. The second-order valence-electron chi connectivity index (χ2n) is 10.9. The lowest BCUT2D eigenvalue weighted by Gasteiger charge is -2.43. The van der Waals surface area contributed by atoms with E-state index >= 15 is 0 Å². The molecule has 0 radical (unpaired) electrons. The lowest BCUT2D eigenvalue weighted by Crippen LogP contribution is -2.47. The van der Waals surface area contributed by atoms with Crippen molar-refractivity contribution in [3.8, 4) is 0 Å². The van der Waals surface area contributed by atoms with Gasteiger partial charge in [0.25, 0.3) is 11.8 Å². The zero-order chi connectivity index (χ0) is 28.1. The fraction of sp³-hybridized carbons (Fsp3) is 0.278. The summed E-state index contributed by atoms with van der Waals surface area (Å²) in [4.78, 5) is 31.8. The monoisotopic (exact) mass is 530 g/mol. The number of benzene rings is 4. The molecule has 4 heteroatoms. The van der Waals surface area contributed by atoms with Crippen molar-refractivity contribution >= 4 is 23.2 Å². The number of rotatable bonds is 8. The van der Waals surface area contributed by atoms with Crippen LogP contribution in [-0.2, 0) is 6.42 Å². The van der Waals surface area contributed by atoms with Gasteiger partial charge in [0.05, 0.1) is 6.04 Å². The molecule has 0 saturated carbocycles. The number of anilines is 2. The van der Waals surface area contributed by atoms with E-state index in [9.17, 15) is 9.59 Å². The first-order valence-electron chi connectivity index (χ1n) is 14.4. The zero-order valence-corrected chi connectivity index (χ0v) is 23.7. The first kappa shape index (κ1) is 27.4. The van der Waals surface area contributed by atoms with Gasteiger partial charge < -0.3 is 9.80 Å². The van der Waals surface area contributed by atoms with Gasteiger partial charge in [-0.05, 0) is 86.7 Å². The minimum absolute atomic E-state index is 0.00497. The van der Waals surface area contributed by atoms with Crippen molar-refractivity contribution in [2.75, 3.05) is 9.80 Å². The predicted octanol–water partition coefficient (Wildman–Crippen LogP) is 8.55. The van der Waals surface area contributed by atoms with Gasteiger partial charge >= 0.3 is 0 Å². The van der Waals surface area contributed by atoms with Crippen molar-refractivity contribution in [1.29, 1.82) is 0 Å². The van der Waals surface area contributed by atoms with Gasteiger partial charge in [-0.2, -0.15) is 0 Å². The topological polar surface area (TPSA) is 40.6 Å². The third kappa shape index (κ3) is 5.72. The van der Waals surface area contributed by atoms with Crippen molar-refractivity contribution in [2.45, 2.75) is 65.0 Å². The maximum absolute atomic E-state index is 14.1. The highest BCUT2D eigenvalue weighted by Gasteiger charge is 2.39. The van der Waals surface area contributed by atoms with Crippen LogP contribution in [0.5, 0.6) is 0 Å². The quantitative estimate of drug-likeness (QED) is 0.214. The number of nitrogens with zero attached hydrogens (tertiary/aromatic N) is 2. The van der Waals surface area contributed by atoms with Crippen molar-refractivity contribution in [1.82, 2.24) is 0 Å². The van der Waals surface area contributed by atoms with Gasteiger partial charge in [0.15, 0.2) is 0 Å². The number of fused-ring (bicyclic) bond motifs is 1. The Hall–Kier alpha value is -4.18. The van der Waals surface area contributed by atoms with E-state index in [4.69, 9.17) is 0 Å². The maximum atomic E-state index is 14.1. The van der Waals surface area contributed by atoms with E-state index < -0.39 is 0 Å². The number of aryl methyl sites for hydroxylation is 2. The Bertz CT molecular complexity index is 1440. The molecular formula is C36H38N2O2. The van der Waals surface area contributed by atoms with Crippen LogP contribution in [0.25, 0.3) is 0 Å². The van der Waals surface area contributed by atoms with E-state index in [1.165, 1.54) is 24.8 Å². The highest BCUT2D eigenvalue weighted by molar-refractivity contribution is 6.09. The van der Waals surface area contributed by atoms with Crippen LogP contribution in [-0.4, -0.2) is 17.9 Å². The highest BCUT2D eigenvalue weighted by Crippen LogP contribution is 2.43. The van der Waals surface area contributed by atoms with Gasteiger partial charge in [-0.25, -0.2) is 0 Å². The van der Waals surface area contributed by atoms with E-state index in [0.29, 0.717) is 17.5 Å². The van der Waals surface area contributed by atoms with Gasteiger partial charge in [0.1, 0.15) is 0 Å². The molecule has 4 aromatic rings. The zero-order valence-electron chi connectivity index (χ0n) is 23.7. The molecule has 2 amide bonds. The molecule has 0 aliphatic carbocycles. The summed E-state index contributed by atoms with van der Waals surface area (Å²) in [5, 5.41) is 0. The molecule has 40 heavy (non-hydrogen) atoms. The molecule has 204 valence electrons. The third-order valence-electron chi connectivity index (χ3n) is 7.91. The standard InChI is InChI=1S/C36H38N2O2/c1-4-5-7-12-28-19-23-30(24-20-28)35(39)37-27(3)25-34(32-15-10-11-16-33(32)37)38(31-13-8-6-9-14-31)36(40)29-21-17-26(2)18-22-29/h6,8-11,13-24,27,34H,4-5,7,12,25H2,1-3H3. The van der Waals surface area contributed by atoms with Gasteiger partial charge in [-0.15, -0.1) is 0 Å². The van der Waals surface area contributed by atoms with E-state index in [1.54, 1.807) is 0 Å². The summed E-state index contributed by atoms with van der Waals surface area (Å²) in [6, 6.07) is 33.4. The van der Waals surface area contributed by atoms with Crippen molar-refractivity contribution in [3.05, 3.63) is 131 Å². The summed E-state index contributed by atoms with van der Waals surface area (Å²) in [6.45, 7) is 6.31. The SMILES string of the molecule is CCCCCc1ccc(C(=O)N2c3ccccc3C(N(C(=O)c3ccc(C)cc3)c3ccccc3)CC2C)cc1. The number of para-hydroxylation sites is 2. The Morgan fingerprint density at radius 2 is 1.45 bits per heavy atom. The molecule has 0 aromatic heterocycles. The van der Waals surface area contributed by atoms with Crippen molar-refractivity contribution in [3.63, 3.8) is 0 Å². The smallest absolute Gasteiger partial charge is 0.258 e. The van der Waals surface area contributed by atoms with E-state index in [2.05, 4.69) is 32.0 Å². The first-order valence-corrected chi connectivity index (χ1v) is 14.4. The molecule has 4 aromatic carbocycles. The summed E-state index contributed by atoms with van der Waals surface area (Å²) < 4.78 is 0. The molecule has 0 N–H and O–H groups in total. The van der Waals surface area contributed by atoms with Crippen LogP contribution in [0.4, 0.5) is 11.4 Å². The molecule has 5 rings (SSSR count). The summed E-state index contributed by atoms with van der Waals surface area (Å²) in [5.41, 5.74) is 6.41. The molecule has 4 nitrogen and oxygen atoms in total. The molecule has 2 atom stereocenters. The lowest BCUT2D eigenvalue weighted by atomic mass is 9.89. The molecular weight excluding hydrogens is 492 g/mol. The number of hydrogen-bond acceptors (Lipinski definition) is 2. The molecule has 0 bridgehead atoms. The van der Waals surface area contributed by atoms with Crippen LogP contribution in [0, 0.1) is 6.92 Å². The van der Waals surface area contributed by atoms with Crippen LogP contribution < -0.4 is 9.80 Å². The van der Waals surface area contributed by atoms with Crippen LogP contribution in [0.3, 0.4) is 0 Å². The molecule has 2 unspecified atom stereocenters. The third-order valence-corrected chi connectivity index (χ3v) is 7.91. The summed E-state index contributed by atoms with van der Waals surface area (Å²) >= 11 is 0. The van der Waals surface area contributed by atoms with Gasteiger partial charge in [-0.3, -0.25) is 9.59 Å². The molecule has 0 spiro atoms. The van der Waals surface area contributed by atoms with Crippen LogP contribution >= 0.6 is 0 Å². The molecule has 1 heterocycles. The molecule has 1 aliphatic rings. The first-order chi connectivity index (χ1) is 19.5. The van der Waals surface area contributed by atoms with E-state index in [1.807, 2.05) is 102 Å². The normalized spacial score (nSPS) is 16.3. The Labute approximate surface area is 238 Å². The average molecular weight is 531 g/mol. The minimum atomic E-state index is -0.215. The lowest BCUT2D eigenvalue weighted by molar-refractivity contribution is 0.0965. The fourth-order valence-corrected chi connectivity index (χ4v) is 5.73. The van der Waals surface area contributed by atoms with Gasteiger partial charge in [0, 0.05) is 28.5 Å². The Morgan fingerprint density at radius 3 is 2.15 bits per heavy atom. The molecule has 0 saturated heterocycles. The predicted molar refractivity (Wildman–Crippen MR) is 164 cm³/mol. The van der Waals surface area contributed by atoms with Crippen LogP contribution in [0.2, 0.25) is 0 Å². The van der Waals surface area contributed by atoms with Gasteiger partial charge in [0.2, 0.25) is 0 Å². The highest BCUT2D eigenvalue weighted by atomic mass is 16.2. The largest absolute Gasteiger partial charge is 0.305 e. The average Bonchev–Trinajstić information content (AvgIpc) is 2.98. The van der Waals surface area contributed by atoms with Gasteiger partial charge in [-0.1, -0.05) is 86.0 Å². The summed E-state index contributed by atoms with van der Waals surface area (Å²) in [5.74, 6) is -0.0497. The Kier molecular flexibility index (Phi) is 8.45. The van der Waals surface area contributed by atoms with Crippen molar-refractivity contribution < 1.29 is 9.59 Å². The van der Waals surface area contributed by atoms with Crippen molar-refractivity contribution in [2.24, 2.45) is 0 Å². The number of amides is 2. The van der Waals surface area contributed by atoms with E-state index in [-0.39, 0.29) is 23.9 Å². The van der Waals surface area contributed by atoms with Crippen LogP contribution in [0.1, 0.15) is 83.0 Å². The fourth-order valence-electron chi connectivity index (χ4n) is 5.73. The number of carbonyl (C=O) groups excluding carboxylic acids is 2. The second kappa shape index (κ2) is 12.3. The van der Waals surface area contributed by atoms with Crippen LogP contribution in [0.15, 0.2) is 103 Å². The second-order valence-corrected chi connectivity index (χ2v) is 10.9.